The molecule has 3 heterocycles. The number of benzene rings is 1. The molecule has 0 atom stereocenters. The third kappa shape index (κ3) is 3.95. The van der Waals surface area contributed by atoms with Gasteiger partial charge in [0.2, 0.25) is 0 Å². The second kappa shape index (κ2) is 7.81. The van der Waals surface area contributed by atoms with Crippen LogP contribution in [0.1, 0.15) is 34.7 Å². The number of carbonyl (C=O) groups is 1. The lowest BCUT2D eigenvalue weighted by molar-refractivity contribution is 0.0758. The molecule has 0 aliphatic carbocycles. The minimum absolute atomic E-state index is 0.00706. The lowest BCUT2D eigenvalue weighted by atomic mass is 9.96. The first-order valence-corrected chi connectivity index (χ1v) is 10.2. The van der Waals surface area contributed by atoms with Crippen LogP contribution in [0.3, 0.4) is 0 Å². The quantitative estimate of drug-likeness (QED) is 0.683. The number of para-hydroxylation sites is 2. The largest absolute Gasteiger partial charge is 0.355 e. The topological polar surface area (TPSA) is 67.2 Å². The summed E-state index contributed by atoms with van der Waals surface area (Å²) < 4.78 is 1.74. The van der Waals surface area contributed by atoms with Gasteiger partial charge in [-0.15, -0.1) is 0 Å². The highest BCUT2D eigenvalue weighted by molar-refractivity contribution is 5.92. The molecular formula is C22H28N6O. The van der Waals surface area contributed by atoms with Crippen molar-refractivity contribution in [2.45, 2.75) is 26.7 Å². The highest BCUT2D eigenvalue weighted by Gasteiger charge is 2.25. The summed E-state index contributed by atoms with van der Waals surface area (Å²) >= 11 is 0. The van der Waals surface area contributed by atoms with Gasteiger partial charge in [-0.2, -0.15) is 5.10 Å². The average Bonchev–Trinajstić information content (AvgIpc) is 3.06. The molecule has 7 nitrogen and oxygen atoms in total. The molecule has 29 heavy (non-hydrogen) atoms. The standard InChI is InChI=1S/C22H28N6O/c1-15-13-20(25-27(15)4)22(29)26(3)14-17-9-11-28(12-10-17)21-16(2)23-18-7-5-6-8-19(18)24-21/h5-8,13,17H,9-12,14H2,1-4H3. The summed E-state index contributed by atoms with van der Waals surface area (Å²) in [5, 5.41) is 4.31. The molecule has 1 aromatic carbocycles. The molecule has 0 unspecified atom stereocenters. The summed E-state index contributed by atoms with van der Waals surface area (Å²) in [5.74, 6) is 1.46. The van der Waals surface area contributed by atoms with Crippen LogP contribution in [-0.4, -0.2) is 57.2 Å². The maximum absolute atomic E-state index is 12.7. The fraction of sp³-hybridized carbons (Fsp3) is 0.455. The summed E-state index contributed by atoms with van der Waals surface area (Å²) in [6.45, 7) is 6.61. The number of aryl methyl sites for hydroxylation is 3. The van der Waals surface area contributed by atoms with Gasteiger partial charge in [0, 0.05) is 39.4 Å². The summed E-state index contributed by atoms with van der Waals surface area (Å²) in [5.41, 5.74) is 4.36. The van der Waals surface area contributed by atoms with E-state index in [1.807, 2.05) is 63.2 Å². The highest BCUT2D eigenvalue weighted by Crippen LogP contribution is 2.26. The van der Waals surface area contributed by atoms with E-state index >= 15 is 0 Å². The minimum Gasteiger partial charge on any atom is -0.355 e. The molecule has 7 heteroatoms. The van der Waals surface area contributed by atoms with Crippen molar-refractivity contribution < 1.29 is 4.79 Å². The van der Waals surface area contributed by atoms with E-state index in [4.69, 9.17) is 9.97 Å². The smallest absolute Gasteiger partial charge is 0.274 e. The van der Waals surface area contributed by atoms with Crippen molar-refractivity contribution in [1.29, 1.82) is 0 Å². The Morgan fingerprint density at radius 1 is 1.14 bits per heavy atom. The van der Waals surface area contributed by atoms with Crippen LogP contribution in [0.2, 0.25) is 0 Å². The Bertz CT molecular complexity index is 1020. The minimum atomic E-state index is -0.00706. The maximum atomic E-state index is 12.7. The lowest BCUT2D eigenvalue weighted by Gasteiger charge is -2.35. The van der Waals surface area contributed by atoms with Gasteiger partial charge in [0.05, 0.1) is 16.7 Å². The van der Waals surface area contributed by atoms with E-state index in [0.29, 0.717) is 11.6 Å². The predicted octanol–water partition coefficient (Wildman–Crippen LogP) is 2.97. The van der Waals surface area contributed by atoms with Crippen LogP contribution in [0.25, 0.3) is 11.0 Å². The van der Waals surface area contributed by atoms with Gasteiger partial charge in [0.1, 0.15) is 0 Å². The number of piperidine rings is 1. The first-order chi connectivity index (χ1) is 13.9. The van der Waals surface area contributed by atoms with Crippen LogP contribution in [0.5, 0.6) is 0 Å². The molecule has 0 saturated carbocycles. The molecule has 1 aliphatic heterocycles. The van der Waals surface area contributed by atoms with Gasteiger partial charge >= 0.3 is 0 Å². The molecule has 3 aromatic rings. The number of fused-ring (bicyclic) bond motifs is 1. The van der Waals surface area contributed by atoms with E-state index in [1.54, 1.807) is 4.68 Å². The zero-order chi connectivity index (χ0) is 20.5. The van der Waals surface area contributed by atoms with Crippen molar-refractivity contribution in [3.63, 3.8) is 0 Å². The molecule has 1 fully saturated rings. The van der Waals surface area contributed by atoms with Gasteiger partial charge < -0.3 is 9.80 Å². The number of hydrogen-bond donors (Lipinski definition) is 0. The fourth-order valence-electron chi connectivity index (χ4n) is 4.04. The number of anilines is 1. The van der Waals surface area contributed by atoms with Gasteiger partial charge in [-0.25, -0.2) is 9.97 Å². The van der Waals surface area contributed by atoms with Crippen molar-refractivity contribution in [1.82, 2.24) is 24.6 Å². The van der Waals surface area contributed by atoms with Crippen molar-refractivity contribution in [2.75, 3.05) is 31.6 Å². The molecule has 0 bridgehead atoms. The lowest BCUT2D eigenvalue weighted by Crippen LogP contribution is -2.40. The number of hydrogen-bond acceptors (Lipinski definition) is 5. The van der Waals surface area contributed by atoms with Gasteiger partial charge in [0.15, 0.2) is 11.5 Å². The number of rotatable bonds is 4. The first-order valence-electron chi connectivity index (χ1n) is 10.2. The second-order valence-electron chi connectivity index (χ2n) is 8.03. The van der Waals surface area contributed by atoms with Crippen LogP contribution in [-0.2, 0) is 7.05 Å². The van der Waals surface area contributed by atoms with Crippen molar-refractivity contribution in [2.24, 2.45) is 13.0 Å². The average molecular weight is 393 g/mol. The summed E-state index contributed by atoms with van der Waals surface area (Å²) in [6, 6.07) is 9.85. The van der Waals surface area contributed by atoms with Crippen LogP contribution in [0.4, 0.5) is 5.82 Å². The van der Waals surface area contributed by atoms with E-state index in [1.165, 1.54) is 0 Å². The monoisotopic (exact) mass is 392 g/mol. The Labute approximate surface area is 171 Å². The Kier molecular flexibility index (Phi) is 5.22. The third-order valence-electron chi connectivity index (χ3n) is 5.85. The van der Waals surface area contributed by atoms with Crippen molar-refractivity contribution >= 4 is 22.8 Å². The Hall–Kier alpha value is -2.96. The van der Waals surface area contributed by atoms with Crippen molar-refractivity contribution in [3.05, 3.63) is 47.4 Å². The first kappa shape index (κ1) is 19.4. The molecule has 1 saturated heterocycles. The molecule has 0 spiro atoms. The van der Waals surface area contributed by atoms with E-state index in [9.17, 15) is 4.79 Å². The molecule has 0 radical (unpaired) electrons. The summed E-state index contributed by atoms with van der Waals surface area (Å²) in [6.07, 6.45) is 2.07. The van der Waals surface area contributed by atoms with E-state index in [0.717, 1.165) is 60.7 Å². The van der Waals surface area contributed by atoms with Crippen LogP contribution in [0, 0.1) is 19.8 Å². The summed E-state index contributed by atoms with van der Waals surface area (Å²) in [4.78, 5) is 26.4. The van der Waals surface area contributed by atoms with E-state index in [-0.39, 0.29) is 5.91 Å². The fourth-order valence-corrected chi connectivity index (χ4v) is 4.04. The maximum Gasteiger partial charge on any atom is 0.274 e. The molecule has 2 aromatic heterocycles. The van der Waals surface area contributed by atoms with Gasteiger partial charge in [-0.1, -0.05) is 12.1 Å². The van der Waals surface area contributed by atoms with Crippen LogP contribution in [0.15, 0.2) is 30.3 Å². The molecule has 0 N–H and O–H groups in total. The Balaban J connectivity index is 1.38. The highest BCUT2D eigenvalue weighted by atomic mass is 16.2. The van der Waals surface area contributed by atoms with Gasteiger partial charge in [0.25, 0.3) is 5.91 Å². The molecule has 4 rings (SSSR count). The molecule has 1 aliphatic rings. The number of nitrogens with zero attached hydrogens (tertiary/aromatic N) is 6. The third-order valence-corrected chi connectivity index (χ3v) is 5.85. The van der Waals surface area contributed by atoms with E-state index < -0.39 is 0 Å². The van der Waals surface area contributed by atoms with E-state index in [2.05, 4.69) is 10.00 Å². The number of carbonyl (C=O) groups excluding carboxylic acids is 1. The van der Waals surface area contributed by atoms with Crippen LogP contribution >= 0.6 is 0 Å². The molecule has 1 amide bonds. The van der Waals surface area contributed by atoms with Gasteiger partial charge in [-0.3, -0.25) is 9.48 Å². The zero-order valence-corrected chi connectivity index (χ0v) is 17.6. The Morgan fingerprint density at radius 3 is 2.41 bits per heavy atom. The predicted molar refractivity (Wildman–Crippen MR) is 114 cm³/mol. The number of amides is 1. The molecular weight excluding hydrogens is 364 g/mol. The SMILES string of the molecule is Cc1nc2ccccc2nc1N1CCC(CN(C)C(=O)c2cc(C)n(C)n2)CC1. The second-order valence-corrected chi connectivity index (χ2v) is 8.03. The van der Waals surface area contributed by atoms with Crippen LogP contribution < -0.4 is 4.90 Å². The normalized spacial score (nSPS) is 15.1. The zero-order valence-electron chi connectivity index (χ0n) is 17.6. The summed E-state index contributed by atoms with van der Waals surface area (Å²) in [7, 11) is 3.73. The van der Waals surface area contributed by atoms with Crippen molar-refractivity contribution in [3.8, 4) is 0 Å². The molecule has 152 valence electrons. The Morgan fingerprint density at radius 2 is 1.79 bits per heavy atom. The number of aromatic nitrogens is 4. The van der Waals surface area contributed by atoms with Gasteiger partial charge in [-0.05, 0) is 50.8 Å².